The van der Waals surface area contributed by atoms with Crippen LogP contribution in [0.5, 0.6) is 5.75 Å². The highest BCUT2D eigenvalue weighted by Crippen LogP contribution is 2.20. The van der Waals surface area contributed by atoms with Crippen LogP contribution in [0.3, 0.4) is 0 Å². The molecule has 9 heteroatoms. The summed E-state index contributed by atoms with van der Waals surface area (Å²) in [6.45, 7) is 5.43. The van der Waals surface area contributed by atoms with Gasteiger partial charge >= 0.3 is 5.69 Å². The number of aryl methyl sites for hydroxylation is 1. The minimum absolute atomic E-state index is 0.314. The van der Waals surface area contributed by atoms with Crippen molar-refractivity contribution in [3.63, 3.8) is 0 Å². The number of fused-ring (bicyclic) bond motifs is 1. The number of nitrogens with one attached hydrogen (secondary N) is 2. The molecular formula is C24H28N6O3. The van der Waals surface area contributed by atoms with E-state index in [9.17, 15) is 9.59 Å². The van der Waals surface area contributed by atoms with Crippen molar-refractivity contribution in [2.75, 3.05) is 12.4 Å². The summed E-state index contributed by atoms with van der Waals surface area (Å²) in [4.78, 5) is 37.9. The predicted octanol–water partition coefficient (Wildman–Crippen LogP) is 3.39. The maximum atomic E-state index is 12.9. The van der Waals surface area contributed by atoms with E-state index in [-0.39, 0.29) is 11.2 Å². The number of anilines is 1. The molecule has 0 radical (unpaired) electrons. The fourth-order valence-corrected chi connectivity index (χ4v) is 3.72. The van der Waals surface area contributed by atoms with Gasteiger partial charge in [-0.25, -0.2) is 14.8 Å². The Bertz CT molecular complexity index is 1350. The molecule has 0 aliphatic heterocycles. The summed E-state index contributed by atoms with van der Waals surface area (Å²) < 4.78 is 8.04. The number of hydrogen-bond donors (Lipinski definition) is 2. The van der Waals surface area contributed by atoms with Crippen LogP contribution in [0.2, 0.25) is 0 Å². The molecule has 3 heterocycles. The maximum absolute atomic E-state index is 12.9. The first-order valence-electron chi connectivity index (χ1n) is 11.1. The lowest BCUT2D eigenvalue weighted by Gasteiger charge is -2.09. The third-order valence-electron chi connectivity index (χ3n) is 5.43. The Kier molecular flexibility index (Phi) is 6.58. The summed E-state index contributed by atoms with van der Waals surface area (Å²) in [6, 6.07) is 11.6. The molecule has 0 bridgehead atoms. The molecule has 0 spiro atoms. The van der Waals surface area contributed by atoms with Gasteiger partial charge in [0.15, 0.2) is 5.65 Å². The van der Waals surface area contributed by atoms with Crippen LogP contribution in [0, 0.1) is 0 Å². The molecule has 0 aliphatic carbocycles. The van der Waals surface area contributed by atoms with E-state index in [0.29, 0.717) is 43.0 Å². The van der Waals surface area contributed by atoms with Crippen molar-refractivity contribution in [2.24, 2.45) is 0 Å². The molecule has 4 aromatic rings. The SMILES string of the molecule is CCCn1c(=O)c2[nH]c(-c3ccc(NCc4ccc(OC)cc4)nc3)nc2n(CCC)c1=O. The third-order valence-corrected chi connectivity index (χ3v) is 5.43. The summed E-state index contributed by atoms with van der Waals surface area (Å²) in [5.74, 6) is 2.05. The van der Waals surface area contributed by atoms with E-state index in [1.807, 2.05) is 50.2 Å². The number of H-pyrrole nitrogens is 1. The van der Waals surface area contributed by atoms with E-state index in [4.69, 9.17) is 4.74 Å². The zero-order valence-corrected chi connectivity index (χ0v) is 19.1. The molecule has 172 valence electrons. The highest BCUT2D eigenvalue weighted by Gasteiger charge is 2.17. The van der Waals surface area contributed by atoms with Gasteiger partial charge in [0.25, 0.3) is 5.56 Å². The molecule has 33 heavy (non-hydrogen) atoms. The lowest BCUT2D eigenvalue weighted by Crippen LogP contribution is -2.40. The zero-order valence-electron chi connectivity index (χ0n) is 19.1. The molecule has 9 nitrogen and oxygen atoms in total. The summed E-state index contributed by atoms with van der Waals surface area (Å²) >= 11 is 0. The standard InChI is InChI=1S/C24H28N6O3/c1-4-12-29-22-20(23(31)30(13-5-2)24(29)32)27-21(28-22)17-8-11-19(26-15-17)25-14-16-6-9-18(33-3)10-7-16/h6-11,15H,4-5,12-14H2,1-3H3,(H,25,26)(H,27,28). The van der Waals surface area contributed by atoms with Crippen molar-refractivity contribution >= 4 is 17.0 Å². The number of pyridine rings is 1. The van der Waals surface area contributed by atoms with Crippen LogP contribution in [0.4, 0.5) is 5.82 Å². The maximum Gasteiger partial charge on any atom is 0.332 e. The van der Waals surface area contributed by atoms with Gasteiger partial charge < -0.3 is 15.0 Å². The lowest BCUT2D eigenvalue weighted by molar-refractivity contribution is 0.414. The molecule has 0 saturated carbocycles. The Labute approximate surface area is 191 Å². The van der Waals surface area contributed by atoms with E-state index in [0.717, 1.165) is 29.1 Å². The van der Waals surface area contributed by atoms with Crippen molar-refractivity contribution in [3.05, 3.63) is 69.0 Å². The number of nitrogens with zero attached hydrogens (tertiary/aromatic N) is 4. The first-order chi connectivity index (χ1) is 16.0. The van der Waals surface area contributed by atoms with Crippen molar-refractivity contribution in [3.8, 4) is 17.1 Å². The van der Waals surface area contributed by atoms with Crippen LogP contribution < -0.4 is 21.3 Å². The van der Waals surface area contributed by atoms with Crippen LogP contribution in [0.25, 0.3) is 22.6 Å². The second kappa shape index (κ2) is 9.72. The lowest BCUT2D eigenvalue weighted by atomic mass is 10.2. The second-order valence-corrected chi connectivity index (χ2v) is 7.81. The Morgan fingerprint density at radius 1 is 1.00 bits per heavy atom. The van der Waals surface area contributed by atoms with Crippen LogP contribution in [-0.2, 0) is 19.6 Å². The van der Waals surface area contributed by atoms with Crippen LogP contribution in [0.15, 0.2) is 52.2 Å². The molecule has 1 aromatic carbocycles. The van der Waals surface area contributed by atoms with Crippen molar-refractivity contribution < 1.29 is 4.74 Å². The average Bonchev–Trinajstić information content (AvgIpc) is 3.29. The minimum atomic E-state index is -0.339. The van der Waals surface area contributed by atoms with E-state index in [1.54, 1.807) is 17.9 Å². The molecule has 0 aliphatic rings. The smallest absolute Gasteiger partial charge is 0.332 e. The largest absolute Gasteiger partial charge is 0.497 e. The Morgan fingerprint density at radius 2 is 1.73 bits per heavy atom. The monoisotopic (exact) mass is 448 g/mol. The van der Waals surface area contributed by atoms with Gasteiger partial charge in [-0.1, -0.05) is 26.0 Å². The molecule has 2 N–H and O–H groups in total. The van der Waals surface area contributed by atoms with Crippen LogP contribution in [-0.4, -0.2) is 31.2 Å². The molecule has 0 atom stereocenters. The predicted molar refractivity (Wildman–Crippen MR) is 129 cm³/mol. The molecular weight excluding hydrogens is 420 g/mol. The number of aromatic amines is 1. The summed E-state index contributed by atoms with van der Waals surface area (Å²) in [5, 5.41) is 3.29. The normalized spacial score (nSPS) is 11.1. The van der Waals surface area contributed by atoms with Gasteiger partial charge in [0.2, 0.25) is 0 Å². The third kappa shape index (κ3) is 4.52. The number of methoxy groups -OCH3 is 1. The summed E-state index contributed by atoms with van der Waals surface area (Å²) in [7, 11) is 1.64. The summed E-state index contributed by atoms with van der Waals surface area (Å²) in [6.07, 6.45) is 3.15. The Balaban J connectivity index is 1.60. The van der Waals surface area contributed by atoms with Crippen LogP contribution in [0.1, 0.15) is 32.3 Å². The quantitative estimate of drug-likeness (QED) is 0.406. The number of aromatic nitrogens is 5. The van der Waals surface area contributed by atoms with Crippen molar-refractivity contribution in [1.29, 1.82) is 0 Å². The van der Waals surface area contributed by atoms with E-state index in [1.165, 1.54) is 4.57 Å². The topological polar surface area (TPSA) is 107 Å². The van der Waals surface area contributed by atoms with Gasteiger partial charge in [-0.05, 0) is 42.7 Å². The molecule has 4 rings (SSSR count). The minimum Gasteiger partial charge on any atom is -0.497 e. The first-order valence-corrected chi connectivity index (χ1v) is 11.1. The van der Waals surface area contributed by atoms with Crippen molar-refractivity contribution in [2.45, 2.75) is 46.3 Å². The van der Waals surface area contributed by atoms with Crippen LogP contribution >= 0.6 is 0 Å². The van der Waals surface area contributed by atoms with E-state index in [2.05, 4.69) is 20.3 Å². The van der Waals surface area contributed by atoms with Gasteiger partial charge in [0, 0.05) is 31.4 Å². The highest BCUT2D eigenvalue weighted by atomic mass is 16.5. The van der Waals surface area contributed by atoms with Crippen molar-refractivity contribution in [1.82, 2.24) is 24.1 Å². The summed E-state index contributed by atoms with van der Waals surface area (Å²) in [5.41, 5.74) is 1.91. The number of hydrogen-bond acceptors (Lipinski definition) is 6. The van der Waals surface area contributed by atoms with Gasteiger partial charge in [-0.15, -0.1) is 0 Å². The number of benzene rings is 1. The van der Waals surface area contributed by atoms with Gasteiger partial charge in [-0.2, -0.15) is 0 Å². The fraction of sp³-hybridized carbons (Fsp3) is 0.333. The molecule has 3 aromatic heterocycles. The number of ether oxygens (including phenoxy) is 1. The molecule has 0 amide bonds. The average molecular weight is 449 g/mol. The Hall–Kier alpha value is -3.88. The number of imidazole rings is 1. The van der Waals surface area contributed by atoms with E-state index < -0.39 is 0 Å². The van der Waals surface area contributed by atoms with E-state index >= 15 is 0 Å². The molecule has 0 unspecified atom stereocenters. The van der Waals surface area contributed by atoms with Gasteiger partial charge in [0.05, 0.1) is 7.11 Å². The first kappa shape index (κ1) is 22.3. The second-order valence-electron chi connectivity index (χ2n) is 7.81. The number of rotatable bonds is 9. The fourth-order valence-electron chi connectivity index (χ4n) is 3.72. The highest BCUT2D eigenvalue weighted by molar-refractivity contribution is 5.75. The Morgan fingerprint density at radius 3 is 2.36 bits per heavy atom. The molecule has 0 saturated heterocycles. The van der Waals surface area contributed by atoms with Gasteiger partial charge in [0.1, 0.15) is 22.9 Å². The van der Waals surface area contributed by atoms with Gasteiger partial charge in [-0.3, -0.25) is 13.9 Å². The zero-order chi connectivity index (χ0) is 23.4. The molecule has 0 fully saturated rings.